The van der Waals surface area contributed by atoms with E-state index in [0.29, 0.717) is 33.4 Å². The molecule has 1 fully saturated rings. The monoisotopic (exact) mass is 751 g/mol. The van der Waals surface area contributed by atoms with Gasteiger partial charge in [0, 0.05) is 78.6 Å². The predicted molar refractivity (Wildman–Crippen MR) is 210 cm³/mol. The van der Waals surface area contributed by atoms with E-state index in [0.717, 1.165) is 48.2 Å². The highest BCUT2D eigenvalue weighted by Gasteiger charge is 2.22. The van der Waals surface area contributed by atoms with Crippen LogP contribution < -0.4 is 24.8 Å². The Balaban J connectivity index is 1.11. The molecule has 3 aromatic heterocycles. The summed E-state index contributed by atoms with van der Waals surface area (Å²) in [5.41, 5.74) is 4.30. The average molecular weight is 753 g/mol. The molecule has 11 nitrogen and oxygen atoms in total. The second kappa shape index (κ2) is 16.9. The van der Waals surface area contributed by atoms with Gasteiger partial charge in [-0.1, -0.05) is 47.5 Å². The smallest absolute Gasteiger partial charge is 0.278 e. The maximum Gasteiger partial charge on any atom is 0.278 e. The van der Waals surface area contributed by atoms with Crippen molar-refractivity contribution in [3.05, 3.63) is 118 Å². The van der Waals surface area contributed by atoms with Crippen molar-refractivity contribution in [1.82, 2.24) is 20.3 Å². The van der Waals surface area contributed by atoms with E-state index >= 15 is 0 Å². The summed E-state index contributed by atoms with van der Waals surface area (Å²) >= 11 is 13.5. The van der Waals surface area contributed by atoms with E-state index in [4.69, 9.17) is 32.9 Å². The number of hydrogen-bond donors (Lipinski definition) is 1. The molecule has 1 saturated heterocycles. The number of anilines is 3. The van der Waals surface area contributed by atoms with Crippen LogP contribution in [0.2, 0.25) is 10.0 Å². The van der Waals surface area contributed by atoms with Gasteiger partial charge in [-0.2, -0.15) is 0 Å². The number of para-hydroxylation sites is 1. The number of carbonyl (C=O) groups is 3. The van der Waals surface area contributed by atoms with Gasteiger partial charge in [0.15, 0.2) is 0 Å². The van der Waals surface area contributed by atoms with Crippen molar-refractivity contribution in [2.24, 2.45) is 0 Å². The lowest BCUT2D eigenvalue weighted by molar-refractivity contribution is -0.122. The fourth-order valence-corrected chi connectivity index (χ4v) is 6.76. The van der Waals surface area contributed by atoms with Crippen LogP contribution in [0.5, 0.6) is 5.75 Å². The van der Waals surface area contributed by atoms with Crippen LogP contribution in [0.15, 0.2) is 85.2 Å². The molecule has 6 rings (SSSR count). The van der Waals surface area contributed by atoms with Crippen LogP contribution in [0, 0.1) is 6.92 Å². The zero-order valence-electron chi connectivity index (χ0n) is 29.7. The van der Waals surface area contributed by atoms with E-state index in [9.17, 15) is 14.4 Å². The molecule has 1 aliphatic heterocycles. The molecule has 1 aliphatic rings. The van der Waals surface area contributed by atoms with Crippen molar-refractivity contribution in [2.75, 3.05) is 48.4 Å². The largest absolute Gasteiger partial charge is 0.487 e. The molecule has 13 heteroatoms. The number of fused-ring (bicyclic) bond motifs is 1. The lowest BCUT2D eigenvalue weighted by Crippen LogP contribution is -2.37. The van der Waals surface area contributed by atoms with E-state index in [1.165, 1.54) is 34.6 Å². The number of hydrogen-bond acceptors (Lipinski definition) is 8. The molecule has 0 spiro atoms. The van der Waals surface area contributed by atoms with Gasteiger partial charge in [0.1, 0.15) is 29.4 Å². The maximum atomic E-state index is 13.2. The SMILES string of the molecule is Cc1cc(N2CCCCC2)c2cccc(OCc3c(Cl)ccc(N(C)C(=O)CNC(=O)/C=C/c4cccnc4C(=O)N(C)c4ccccn4)c3Cl)c2n1. The summed E-state index contributed by atoms with van der Waals surface area (Å²) in [4.78, 5) is 57.5. The number of likely N-dealkylation sites (N-methyl/N-ethyl adjacent to an activating group) is 1. The van der Waals surface area contributed by atoms with E-state index < -0.39 is 17.7 Å². The molecule has 272 valence electrons. The quantitative estimate of drug-likeness (QED) is 0.140. The van der Waals surface area contributed by atoms with Gasteiger partial charge in [-0.15, -0.1) is 0 Å². The average Bonchev–Trinajstić information content (AvgIpc) is 3.18. The molecule has 0 atom stereocenters. The number of pyridine rings is 3. The van der Waals surface area contributed by atoms with Gasteiger partial charge in [-0.05, 0) is 74.7 Å². The number of halogens is 2. The molecule has 5 aromatic rings. The van der Waals surface area contributed by atoms with Crippen molar-refractivity contribution in [1.29, 1.82) is 0 Å². The van der Waals surface area contributed by atoms with Crippen LogP contribution in [-0.4, -0.2) is 66.4 Å². The molecular formula is C40H39Cl2N7O4. The Kier molecular flexibility index (Phi) is 11.9. The highest BCUT2D eigenvalue weighted by atomic mass is 35.5. The van der Waals surface area contributed by atoms with Crippen molar-refractivity contribution < 1.29 is 19.1 Å². The van der Waals surface area contributed by atoms with Crippen LogP contribution in [0.4, 0.5) is 17.2 Å². The lowest BCUT2D eigenvalue weighted by Gasteiger charge is -2.30. The fourth-order valence-electron chi connectivity index (χ4n) is 6.15. The van der Waals surface area contributed by atoms with E-state index in [1.54, 1.807) is 62.8 Å². The van der Waals surface area contributed by atoms with E-state index in [-0.39, 0.29) is 23.9 Å². The van der Waals surface area contributed by atoms with Crippen LogP contribution in [0.25, 0.3) is 17.0 Å². The zero-order chi connectivity index (χ0) is 37.5. The van der Waals surface area contributed by atoms with Crippen LogP contribution in [0.1, 0.15) is 46.6 Å². The van der Waals surface area contributed by atoms with Crippen molar-refractivity contribution >= 4 is 75.1 Å². The molecule has 2 aromatic carbocycles. The maximum absolute atomic E-state index is 13.2. The molecule has 0 aliphatic carbocycles. The lowest BCUT2D eigenvalue weighted by atomic mass is 10.1. The number of benzene rings is 2. The number of carbonyl (C=O) groups excluding carboxylic acids is 3. The molecule has 0 unspecified atom stereocenters. The van der Waals surface area contributed by atoms with Crippen LogP contribution in [-0.2, 0) is 16.2 Å². The Labute approximate surface area is 318 Å². The predicted octanol–water partition coefficient (Wildman–Crippen LogP) is 7.28. The highest BCUT2D eigenvalue weighted by Crippen LogP contribution is 2.37. The minimum Gasteiger partial charge on any atom is -0.487 e. The third kappa shape index (κ3) is 8.59. The highest BCUT2D eigenvalue weighted by molar-refractivity contribution is 6.38. The van der Waals surface area contributed by atoms with Crippen molar-refractivity contribution in [3.63, 3.8) is 0 Å². The normalized spacial score (nSPS) is 12.9. The molecule has 0 radical (unpaired) electrons. The van der Waals surface area contributed by atoms with Crippen LogP contribution in [0.3, 0.4) is 0 Å². The first kappa shape index (κ1) is 37.2. The summed E-state index contributed by atoms with van der Waals surface area (Å²) in [7, 11) is 3.16. The molecule has 3 amide bonds. The molecule has 0 bridgehead atoms. The Morgan fingerprint density at radius 2 is 1.72 bits per heavy atom. The topological polar surface area (TPSA) is 121 Å². The summed E-state index contributed by atoms with van der Waals surface area (Å²) in [6.07, 6.45) is 9.37. The van der Waals surface area contributed by atoms with Crippen molar-refractivity contribution in [2.45, 2.75) is 32.8 Å². The summed E-state index contributed by atoms with van der Waals surface area (Å²) in [5.74, 6) is -0.290. The van der Waals surface area contributed by atoms with E-state index in [1.807, 2.05) is 19.1 Å². The first-order chi connectivity index (χ1) is 25.6. The summed E-state index contributed by atoms with van der Waals surface area (Å²) < 4.78 is 6.31. The number of aromatic nitrogens is 3. The van der Waals surface area contributed by atoms with Gasteiger partial charge in [0.25, 0.3) is 5.91 Å². The number of amides is 3. The van der Waals surface area contributed by atoms with Gasteiger partial charge < -0.3 is 19.9 Å². The first-order valence-electron chi connectivity index (χ1n) is 17.2. The second-order valence-electron chi connectivity index (χ2n) is 12.6. The first-order valence-corrected chi connectivity index (χ1v) is 18.0. The third-order valence-electron chi connectivity index (χ3n) is 9.05. The Morgan fingerprint density at radius 3 is 2.49 bits per heavy atom. The fraction of sp³-hybridized carbons (Fsp3) is 0.250. The second-order valence-corrected chi connectivity index (χ2v) is 13.4. The number of aryl methyl sites for hydroxylation is 1. The minimum absolute atomic E-state index is 0.0410. The summed E-state index contributed by atoms with van der Waals surface area (Å²) in [5, 5.41) is 4.25. The van der Waals surface area contributed by atoms with Crippen LogP contribution >= 0.6 is 23.2 Å². The van der Waals surface area contributed by atoms with E-state index in [2.05, 4.69) is 32.3 Å². The number of ether oxygens (including phenoxy) is 1. The number of rotatable bonds is 11. The Bertz CT molecular complexity index is 2170. The Morgan fingerprint density at radius 1 is 0.925 bits per heavy atom. The number of piperidine rings is 1. The zero-order valence-corrected chi connectivity index (χ0v) is 31.2. The molecule has 53 heavy (non-hydrogen) atoms. The number of nitrogens with one attached hydrogen (secondary N) is 1. The summed E-state index contributed by atoms with van der Waals surface area (Å²) in [6.45, 7) is 3.73. The van der Waals surface area contributed by atoms with Crippen molar-refractivity contribution in [3.8, 4) is 5.75 Å². The standard InChI is InChI=1S/C40H39Cl2N7O4/c1-26-23-32(49-21-7-4-8-22-49)28-12-9-13-33(39(28)46-26)53-25-29-30(41)16-17-31(37(29)42)47(2)36(51)24-45-35(50)18-15-27-11-10-20-44-38(27)40(52)48(3)34-14-5-6-19-43-34/h5-6,9-20,23H,4,7-8,21-22,24-25H2,1-3H3,(H,45,50)/b18-15+. The number of nitrogens with zero attached hydrogens (tertiary/aromatic N) is 6. The third-order valence-corrected chi connectivity index (χ3v) is 9.82. The summed E-state index contributed by atoms with van der Waals surface area (Å²) in [6, 6.07) is 19.9. The van der Waals surface area contributed by atoms with Gasteiger partial charge in [0.2, 0.25) is 11.8 Å². The molecule has 0 saturated carbocycles. The molecule has 1 N–H and O–H groups in total. The Hall–Kier alpha value is -5.52. The minimum atomic E-state index is -0.536. The molecule has 4 heterocycles. The van der Waals surface area contributed by atoms with Gasteiger partial charge in [-0.3, -0.25) is 24.3 Å². The molecular weight excluding hydrogens is 713 g/mol. The van der Waals surface area contributed by atoms with Gasteiger partial charge in [-0.25, -0.2) is 9.97 Å². The van der Waals surface area contributed by atoms with Gasteiger partial charge in [0.05, 0.1) is 17.3 Å². The van der Waals surface area contributed by atoms with Gasteiger partial charge >= 0.3 is 0 Å².